The second-order valence-electron chi connectivity index (χ2n) is 3.69. The van der Waals surface area contributed by atoms with Crippen LogP contribution >= 0.6 is 11.3 Å². The van der Waals surface area contributed by atoms with E-state index in [2.05, 4.69) is 0 Å². The van der Waals surface area contributed by atoms with Gasteiger partial charge in [0, 0.05) is 23.7 Å². The van der Waals surface area contributed by atoms with Gasteiger partial charge in [0.05, 0.1) is 0 Å². The van der Waals surface area contributed by atoms with Gasteiger partial charge in [0.25, 0.3) is 10.0 Å². The van der Waals surface area contributed by atoms with Crippen LogP contribution in [-0.4, -0.2) is 25.8 Å². The van der Waals surface area contributed by atoms with E-state index in [0.717, 1.165) is 17.7 Å². The first-order valence-corrected chi connectivity index (χ1v) is 7.13. The maximum absolute atomic E-state index is 12.1. The standard InChI is InChI=1S/C9H14N2O2S2/c1-7-8(10)6-9(14-7)15(12,13)11-4-2-3-5-11/h6H,2-5,10H2,1H3. The number of sulfonamides is 1. The molecule has 6 heteroatoms. The van der Waals surface area contributed by atoms with Crippen LogP contribution in [0.1, 0.15) is 17.7 Å². The van der Waals surface area contributed by atoms with Gasteiger partial charge in [-0.2, -0.15) is 4.31 Å². The zero-order valence-electron chi connectivity index (χ0n) is 8.56. The number of aryl methyl sites for hydroxylation is 1. The lowest BCUT2D eigenvalue weighted by Gasteiger charge is -2.13. The van der Waals surface area contributed by atoms with Crippen LogP contribution in [-0.2, 0) is 10.0 Å². The molecule has 0 saturated carbocycles. The number of nitrogens with zero attached hydrogens (tertiary/aromatic N) is 1. The fourth-order valence-corrected chi connectivity index (χ4v) is 4.70. The van der Waals surface area contributed by atoms with Crippen molar-refractivity contribution in [1.29, 1.82) is 0 Å². The maximum atomic E-state index is 12.1. The zero-order valence-corrected chi connectivity index (χ0v) is 10.2. The van der Waals surface area contributed by atoms with E-state index in [1.807, 2.05) is 6.92 Å². The zero-order chi connectivity index (χ0) is 11.1. The molecule has 0 unspecified atom stereocenters. The Labute approximate surface area is 93.8 Å². The molecule has 0 spiro atoms. The SMILES string of the molecule is Cc1sc(S(=O)(=O)N2CCCC2)cc1N. The fraction of sp³-hybridized carbons (Fsp3) is 0.556. The number of anilines is 1. The van der Waals surface area contributed by atoms with Crippen LogP contribution in [0.5, 0.6) is 0 Å². The van der Waals surface area contributed by atoms with Gasteiger partial charge in [-0.25, -0.2) is 8.42 Å². The summed E-state index contributed by atoms with van der Waals surface area (Å²) in [7, 11) is -3.27. The number of hydrogen-bond acceptors (Lipinski definition) is 4. The molecule has 0 bridgehead atoms. The van der Waals surface area contributed by atoms with E-state index in [9.17, 15) is 8.42 Å². The third-order valence-electron chi connectivity index (χ3n) is 2.59. The lowest BCUT2D eigenvalue weighted by molar-refractivity contribution is 0.479. The van der Waals surface area contributed by atoms with Crippen LogP contribution in [0.4, 0.5) is 5.69 Å². The summed E-state index contributed by atoms with van der Waals surface area (Å²) in [6, 6.07) is 1.56. The summed E-state index contributed by atoms with van der Waals surface area (Å²) in [5.74, 6) is 0. The highest BCUT2D eigenvalue weighted by molar-refractivity contribution is 7.91. The predicted molar refractivity (Wildman–Crippen MR) is 61.5 cm³/mol. The highest BCUT2D eigenvalue weighted by Crippen LogP contribution is 2.30. The number of nitrogen functional groups attached to an aromatic ring is 1. The molecule has 2 rings (SSSR count). The molecule has 1 aromatic rings. The normalized spacial score (nSPS) is 18.5. The van der Waals surface area contributed by atoms with Crippen molar-refractivity contribution >= 4 is 27.0 Å². The lowest BCUT2D eigenvalue weighted by atomic mass is 10.4. The first-order chi connectivity index (χ1) is 7.01. The van der Waals surface area contributed by atoms with Gasteiger partial charge in [0.2, 0.25) is 0 Å². The van der Waals surface area contributed by atoms with Crippen molar-refractivity contribution in [3.05, 3.63) is 10.9 Å². The van der Waals surface area contributed by atoms with Crippen molar-refractivity contribution in [3.8, 4) is 0 Å². The summed E-state index contributed by atoms with van der Waals surface area (Å²) in [6.45, 7) is 3.11. The van der Waals surface area contributed by atoms with Crippen molar-refractivity contribution in [2.75, 3.05) is 18.8 Å². The van der Waals surface area contributed by atoms with Crippen LogP contribution in [0.25, 0.3) is 0 Å². The molecule has 2 N–H and O–H groups in total. The number of rotatable bonds is 2. The molecule has 1 aromatic heterocycles. The van der Waals surface area contributed by atoms with Gasteiger partial charge in [0.15, 0.2) is 0 Å². The summed E-state index contributed by atoms with van der Waals surface area (Å²) in [5.41, 5.74) is 6.23. The Morgan fingerprint density at radius 3 is 2.47 bits per heavy atom. The van der Waals surface area contributed by atoms with Crippen LogP contribution in [0.15, 0.2) is 10.3 Å². The van der Waals surface area contributed by atoms with E-state index >= 15 is 0 Å². The second kappa shape index (κ2) is 3.77. The highest BCUT2D eigenvalue weighted by atomic mass is 32.2. The van der Waals surface area contributed by atoms with Crippen LogP contribution in [0.3, 0.4) is 0 Å². The Hall–Kier alpha value is -0.590. The van der Waals surface area contributed by atoms with E-state index in [1.54, 1.807) is 6.07 Å². The van der Waals surface area contributed by atoms with Crippen LogP contribution in [0, 0.1) is 6.92 Å². The molecule has 0 amide bonds. The summed E-state index contributed by atoms with van der Waals surface area (Å²) < 4.78 is 26.1. The molecule has 15 heavy (non-hydrogen) atoms. The number of hydrogen-bond donors (Lipinski definition) is 1. The topological polar surface area (TPSA) is 63.4 Å². The van der Waals surface area contributed by atoms with Crippen molar-refractivity contribution < 1.29 is 8.42 Å². The summed E-state index contributed by atoms with van der Waals surface area (Å²) in [6.07, 6.45) is 1.91. The maximum Gasteiger partial charge on any atom is 0.252 e. The quantitative estimate of drug-likeness (QED) is 0.858. The molecular weight excluding hydrogens is 232 g/mol. The molecule has 0 atom stereocenters. The monoisotopic (exact) mass is 246 g/mol. The molecule has 84 valence electrons. The fourth-order valence-electron chi connectivity index (χ4n) is 1.65. The van der Waals surface area contributed by atoms with Gasteiger partial charge in [-0.1, -0.05) is 0 Å². The number of thiophene rings is 1. The van der Waals surface area contributed by atoms with Gasteiger partial charge in [-0.15, -0.1) is 11.3 Å². The van der Waals surface area contributed by atoms with Gasteiger partial charge >= 0.3 is 0 Å². The third kappa shape index (κ3) is 1.89. The van der Waals surface area contributed by atoms with Gasteiger partial charge < -0.3 is 5.73 Å². The molecule has 1 aliphatic rings. The Morgan fingerprint density at radius 2 is 2.00 bits per heavy atom. The molecular formula is C9H14N2O2S2. The van der Waals surface area contributed by atoms with E-state index in [0.29, 0.717) is 23.0 Å². The minimum atomic E-state index is -3.27. The van der Waals surface area contributed by atoms with Gasteiger partial charge in [0.1, 0.15) is 4.21 Å². The Balaban J connectivity index is 2.36. The van der Waals surface area contributed by atoms with Gasteiger partial charge in [-0.3, -0.25) is 0 Å². The molecule has 0 aromatic carbocycles. The molecule has 1 fully saturated rings. The van der Waals surface area contributed by atoms with E-state index < -0.39 is 10.0 Å². The Bertz CT molecular complexity index is 439. The average molecular weight is 246 g/mol. The molecule has 2 heterocycles. The van der Waals surface area contributed by atoms with E-state index in [-0.39, 0.29) is 0 Å². The van der Waals surface area contributed by atoms with Crippen molar-refractivity contribution in [1.82, 2.24) is 4.31 Å². The molecule has 4 nitrogen and oxygen atoms in total. The Morgan fingerprint density at radius 1 is 1.40 bits per heavy atom. The van der Waals surface area contributed by atoms with E-state index in [4.69, 9.17) is 5.73 Å². The van der Waals surface area contributed by atoms with Crippen molar-refractivity contribution in [3.63, 3.8) is 0 Å². The molecule has 0 radical (unpaired) electrons. The highest BCUT2D eigenvalue weighted by Gasteiger charge is 2.28. The average Bonchev–Trinajstić information content (AvgIpc) is 2.77. The second-order valence-corrected chi connectivity index (χ2v) is 7.11. The minimum Gasteiger partial charge on any atom is -0.398 e. The summed E-state index contributed by atoms with van der Waals surface area (Å²) in [4.78, 5) is 0.868. The smallest absolute Gasteiger partial charge is 0.252 e. The summed E-state index contributed by atoms with van der Waals surface area (Å²) >= 11 is 1.25. The third-order valence-corrected chi connectivity index (χ3v) is 6.01. The molecule has 0 aliphatic carbocycles. The number of nitrogens with two attached hydrogens (primary N) is 1. The van der Waals surface area contributed by atoms with E-state index in [1.165, 1.54) is 15.6 Å². The molecule has 1 aliphatic heterocycles. The largest absolute Gasteiger partial charge is 0.398 e. The first-order valence-electron chi connectivity index (χ1n) is 4.88. The van der Waals surface area contributed by atoms with Gasteiger partial charge in [-0.05, 0) is 25.8 Å². The summed E-state index contributed by atoms with van der Waals surface area (Å²) in [5, 5.41) is 0. The lowest BCUT2D eigenvalue weighted by Crippen LogP contribution is -2.27. The molecule has 1 saturated heterocycles. The first kappa shape index (κ1) is 10.9. The Kier molecular flexibility index (Phi) is 2.74. The minimum absolute atomic E-state index is 0.374. The van der Waals surface area contributed by atoms with Crippen molar-refractivity contribution in [2.45, 2.75) is 24.0 Å². The van der Waals surface area contributed by atoms with Crippen molar-refractivity contribution in [2.24, 2.45) is 0 Å². The predicted octanol–water partition coefficient (Wildman–Crippen LogP) is 1.42. The van der Waals surface area contributed by atoms with Crippen LogP contribution < -0.4 is 5.73 Å². The van der Waals surface area contributed by atoms with Crippen LogP contribution in [0.2, 0.25) is 0 Å².